The van der Waals surface area contributed by atoms with Crippen LogP contribution in [0.3, 0.4) is 0 Å². The van der Waals surface area contributed by atoms with Crippen molar-refractivity contribution < 1.29 is 23.2 Å². The molecule has 0 aliphatic carbocycles. The van der Waals surface area contributed by atoms with Gasteiger partial charge < -0.3 is 15.1 Å². The van der Waals surface area contributed by atoms with Crippen molar-refractivity contribution in [2.45, 2.75) is 0 Å². The number of anilines is 1. The highest BCUT2D eigenvalue weighted by atomic mass is 19.1. The number of hydrogen-bond donors (Lipinski definition) is 1. The standard InChI is InChI=1S/C19H17F2N3O3/c20-15-5-6-17(16(21)11-15)22-18(26)13-1-3-14(4-2-13)19(27)24-9-7-23(12-25)8-10-24/h1-6,11-12H,7-10H2,(H,22,26). The van der Waals surface area contributed by atoms with Crippen LogP contribution < -0.4 is 5.32 Å². The fraction of sp³-hybridized carbons (Fsp3) is 0.211. The smallest absolute Gasteiger partial charge is 0.255 e. The zero-order chi connectivity index (χ0) is 19.4. The summed E-state index contributed by atoms with van der Waals surface area (Å²) in [5.41, 5.74) is 0.523. The van der Waals surface area contributed by atoms with Crippen LogP contribution in [-0.4, -0.2) is 54.2 Å². The molecule has 27 heavy (non-hydrogen) atoms. The Balaban J connectivity index is 1.65. The SMILES string of the molecule is O=CN1CCN(C(=O)c2ccc(C(=O)Nc3ccc(F)cc3F)cc2)CC1. The molecule has 1 N–H and O–H groups in total. The molecular formula is C19H17F2N3O3. The van der Waals surface area contributed by atoms with Crippen molar-refractivity contribution in [1.29, 1.82) is 0 Å². The lowest BCUT2D eigenvalue weighted by Gasteiger charge is -2.32. The Morgan fingerprint density at radius 2 is 1.56 bits per heavy atom. The highest BCUT2D eigenvalue weighted by molar-refractivity contribution is 6.05. The minimum Gasteiger partial charge on any atom is -0.342 e. The van der Waals surface area contributed by atoms with Crippen LogP contribution in [0.1, 0.15) is 20.7 Å². The van der Waals surface area contributed by atoms with Gasteiger partial charge in [-0.15, -0.1) is 0 Å². The van der Waals surface area contributed by atoms with Crippen LogP contribution in [0.5, 0.6) is 0 Å². The number of nitrogens with one attached hydrogen (secondary N) is 1. The van der Waals surface area contributed by atoms with Gasteiger partial charge in [0.25, 0.3) is 11.8 Å². The van der Waals surface area contributed by atoms with Crippen LogP contribution in [0.15, 0.2) is 42.5 Å². The van der Waals surface area contributed by atoms with Crippen LogP contribution in [0.25, 0.3) is 0 Å². The minimum atomic E-state index is -0.871. The summed E-state index contributed by atoms with van der Waals surface area (Å²) in [5.74, 6) is -2.36. The molecule has 0 aromatic heterocycles. The predicted octanol–water partition coefficient (Wildman–Crippen LogP) is 2.13. The van der Waals surface area contributed by atoms with Crippen LogP contribution in [0.2, 0.25) is 0 Å². The van der Waals surface area contributed by atoms with E-state index in [4.69, 9.17) is 0 Å². The van der Waals surface area contributed by atoms with Crippen molar-refractivity contribution >= 4 is 23.9 Å². The largest absolute Gasteiger partial charge is 0.342 e. The lowest BCUT2D eigenvalue weighted by atomic mass is 10.1. The van der Waals surface area contributed by atoms with E-state index in [0.29, 0.717) is 37.8 Å². The lowest BCUT2D eigenvalue weighted by molar-refractivity contribution is -0.119. The number of amides is 3. The molecule has 2 aromatic rings. The van der Waals surface area contributed by atoms with Crippen LogP contribution in [0, 0.1) is 11.6 Å². The molecule has 2 aromatic carbocycles. The molecule has 1 aliphatic rings. The molecule has 1 aliphatic heterocycles. The summed E-state index contributed by atoms with van der Waals surface area (Å²) in [6, 6.07) is 8.83. The van der Waals surface area contributed by atoms with E-state index in [9.17, 15) is 23.2 Å². The van der Waals surface area contributed by atoms with Gasteiger partial charge in [0.2, 0.25) is 6.41 Å². The number of hydrogen-bond acceptors (Lipinski definition) is 3. The average Bonchev–Trinajstić information content (AvgIpc) is 2.69. The van der Waals surface area contributed by atoms with E-state index in [2.05, 4.69) is 5.32 Å². The molecule has 3 amide bonds. The number of carbonyl (C=O) groups excluding carboxylic acids is 3. The number of rotatable bonds is 4. The maximum Gasteiger partial charge on any atom is 0.255 e. The molecule has 6 nitrogen and oxygen atoms in total. The fourth-order valence-electron chi connectivity index (χ4n) is 2.76. The van der Waals surface area contributed by atoms with E-state index in [0.717, 1.165) is 18.5 Å². The summed E-state index contributed by atoms with van der Waals surface area (Å²) in [5, 5.41) is 2.36. The zero-order valence-corrected chi connectivity index (χ0v) is 14.3. The van der Waals surface area contributed by atoms with Crippen LogP contribution in [-0.2, 0) is 4.79 Å². The third-order valence-corrected chi connectivity index (χ3v) is 4.32. The monoisotopic (exact) mass is 373 g/mol. The first kappa shape index (κ1) is 18.5. The van der Waals surface area contributed by atoms with Gasteiger partial charge in [-0.3, -0.25) is 14.4 Å². The number of benzene rings is 2. The minimum absolute atomic E-state index is 0.130. The van der Waals surface area contributed by atoms with Crippen molar-refractivity contribution in [2.24, 2.45) is 0 Å². The molecule has 3 rings (SSSR count). The second kappa shape index (κ2) is 7.94. The molecule has 8 heteroatoms. The average molecular weight is 373 g/mol. The first-order valence-electron chi connectivity index (χ1n) is 8.33. The molecule has 0 spiro atoms. The van der Waals surface area contributed by atoms with E-state index in [1.165, 1.54) is 24.3 Å². The normalized spacial score (nSPS) is 14.0. The summed E-state index contributed by atoms with van der Waals surface area (Å²) in [4.78, 5) is 38.6. The fourth-order valence-corrected chi connectivity index (χ4v) is 2.76. The number of halogens is 2. The Hall–Kier alpha value is -3.29. The summed E-state index contributed by atoms with van der Waals surface area (Å²) >= 11 is 0. The van der Waals surface area contributed by atoms with Crippen molar-refractivity contribution in [2.75, 3.05) is 31.5 Å². The third-order valence-electron chi connectivity index (χ3n) is 4.32. The van der Waals surface area contributed by atoms with Gasteiger partial charge in [0.1, 0.15) is 11.6 Å². The Morgan fingerprint density at radius 1 is 0.926 bits per heavy atom. The maximum absolute atomic E-state index is 13.6. The van der Waals surface area contributed by atoms with Crippen molar-refractivity contribution in [3.8, 4) is 0 Å². The van der Waals surface area contributed by atoms with Gasteiger partial charge >= 0.3 is 0 Å². The van der Waals surface area contributed by atoms with Crippen molar-refractivity contribution in [1.82, 2.24) is 9.80 Å². The molecule has 0 atom stereocenters. The van der Waals surface area contributed by atoms with Gasteiger partial charge in [-0.1, -0.05) is 0 Å². The van der Waals surface area contributed by atoms with Crippen molar-refractivity contribution in [3.63, 3.8) is 0 Å². The van der Waals surface area contributed by atoms with Crippen molar-refractivity contribution in [3.05, 3.63) is 65.2 Å². The summed E-state index contributed by atoms with van der Waals surface area (Å²) in [6.07, 6.45) is 0.763. The molecule has 1 fully saturated rings. The molecule has 0 saturated carbocycles. The van der Waals surface area contributed by atoms with Gasteiger partial charge in [-0.25, -0.2) is 8.78 Å². The van der Waals surface area contributed by atoms with E-state index >= 15 is 0 Å². The first-order valence-corrected chi connectivity index (χ1v) is 8.33. The quantitative estimate of drug-likeness (QED) is 0.835. The molecule has 1 heterocycles. The number of piperazine rings is 1. The Labute approximate surface area is 154 Å². The topological polar surface area (TPSA) is 69.7 Å². The van der Waals surface area contributed by atoms with E-state index in [-0.39, 0.29) is 17.2 Å². The van der Waals surface area contributed by atoms with Gasteiger partial charge in [0.05, 0.1) is 5.69 Å². The Kier molecular flexibility index (Phi) is 5.44. The van der Waals surface area contributed by atoms with Gasteiger partial charge in [0.15, 0.2) is 0 Å². The van der Waals surface area contributed by atoms with E-state index in [1.807, 2.05) is 0 Å². The summed E-state index contributed by atoms with van der Waals surface area (Å²) in [6.45, 7) is 1.87. The van der Waals surface area contributed by atoms with Crippen LogP contribution >= 0.6 is 0 Å². The summed E-state index contributed by atoms with van der Waals surface area (Å²) < 4.78 is 26.5. The molecule has 0 bridgehead atoms. The number of carbonyl (C=O) groups is 3. The second-order valence-electron chi connectivity index (χ2n) is 6.09. The molecule has 1 saturated heterocycles. The predicted molar refractivity (Wildman–Crippen MR) is 94.3 cm³/mol. The van der Waals surface area contributed by atoms with Gasteiger partial charge in [-0.05, 0) is 36.4 Å². The maximum atomic E-state index is 13.6. The number of nitrogens with zero attached hydrogens (tertiary/aromatic N) is 2. The summed E-state index contributed by atoms with van der Waals surface area (Å²) in [7, 11) is 0. The molecule has 0 unspecified atom stereocenters. The van der Waals surface area contributed by atoms with Gasteiger partial charge in [-0.2, -0.15) is 0 Å². The highest BCUT2D eigenvalue weighted by Crippen LogP contribution is 2.17. The highest BCUT2D eigenvalue weighted by Gasteiger charge is 2.21. The second-order valence-corrected chi connectivity index (χ2v) is 6.09. The van der Waals surface area contributed by atoms with E-state index < -0.39 is 17.5 Å². The Morgan fingerprint density at radius 3 is 2.15 bits per heavy atom. The molecular weight excluding hydrogens is 356 g/mol. The van der Waals surface area contributed by atoms with Crippen LogP contribution in [0.4, 0.5) is 14.5 Å². The zero-order valence-electron chi connectivity index (χ0n) is 14.3. The van der Waals surface area contributed by atoms with Gasteiger partial charge in [0, 0.05) is 43.4 Å². The molecule has 140 valence electrons. The first-order chi connectivity index (χ1) is 13.0. The Bertz CT molecular complexity index is 863. The lowest BCUT2D eigenvalue weighted by Crippen LogP contribution is -2.48. The molecule has 0 radical (unpaired) electrons. The third kappa shape index (κ3) is 4.28. The van der Waals surface area contributed by atoms with E-state index in [1.54, 1.807) is 9.80 Å².